The second kappa shape index (κ2) is 7.16. The van der Waals surface area contributed by atoms with E-state index in [1.807, 2.05) is 6.92 Å². The van der Waals surface area contributed by atoms with Gasteiger partial charge in [0.1, 0.15) is 5.82 Å². The van der Waals surface area contributed by atoms with Crippen LogP contribution in [0.5, 0.6) is 0 Å². The fraction of sp³-hybridized carbons (Fsp3) is 0.625. The van der Waals surface area contributed by atoms with Crippen molar-refractivity contribution in [3.63, 3.8) is 0 Å². The van der Waals surface area contributed by atoms with E-state index in [-0.39, 0.29) is 11.9 Å². The molecule has 0 aromatic heterocycles. The Balaban J connectivity index is 1.74. The normalized spacial score (nSPS) is 20.8. The first-order valence-electron chi connectivity index (χ1n) is 7.40. The molecular formula is C16H24FNO2. The van der Waals surface area contributed by atoms with Crippen LogP contribution >= 0.6 is 0 Å². The van der Waals surface area contributed by atoms with E-state index in [1.54, 1.807) is 12.1 Å². The van der Waals surface area contributed by atoms with Crippen LogP contribution in [0.4, 0.5) is 4.39 Å². The van der Waals surface area contributed by atoms with Crippen molar-refractivity contribution in [3.8, 4) is 0 Å². The number of piperidine rings is 1. The molecule has 2 rings (SSSR count). The molecule has 20 heavy (non-hydrogen) atoms. The molecular weight excluding hydrogens is 257 g/mol. The first kappa shape index (κ1) is 15.4. The van der Waals surface area contributed by atoms with Crippen LogP contribution in [0.15, 0.2) is 24.3 Å². The Morgan fingerprint density at radius 2 is 1.80 bits per heavy atom. The number of halogens is 1. The molecule has 0 spiro atoms. The minimum atomic E-state index is -0.537. The van der Waals surface area contributed by atoms with Crippen LogP contribution in [0.25, 0.3) is 0 Å². The van der Waals surface area contributed by atoms with E-state index in [4.69, 9.17) is 0 Å². The fourth-order valence-electron chi connectivity index (χ4n) is 2.82. The molecule has 0 bridgehead atoms. The molecule has 1 aromatic rings. The van der Waals surface area contributed by atoms with E-state index in [1.165, 1.54) is 12.1 Å². The number of aliphatic hydroxyl groups excluding tert-OH is 2. The van der Waals surface area contributed by atoms with Crippen molar-refractivity contribution in [2.45, 2.75) is 38.4 Å². The third-order valence-corrected chi connectivity index (χ3v) is 4.29. The minimum Gasteiger partial charge on any atom is -0.393 e. The predicted octanol–water partition coefficient (Wildman–Crippen LogP) is 2.34. The van der Waals surface area contributed by atoms with E-state index >= 15 is 0 Å². The van der Waals surface area contributed by atoms with Gasteiger partial charge in [-0.2, -0.15) is 0 Å². The van der Waals surface area contributed by atoms with Gasteiger partial charge < -0.3 is 15.1 Å². The van der Waals surface area contributed by atoms with Crippen molar-refractivity contribution in [1.29, 1.82) is 0 Å². The Hall–Kier alpha value is -0.970. The maximum absolute atomic E-state index is 12.8. The highest BCUT2D eigenvalue weighted by atomic mass is 19.1. The van der Waals surface area contributed by atoms with Crippen molar-refractivity contribution >= 4 is 0 Å². The van der Waals surface area contributed by atoms with Crippen LogP contribution in [0.3, 0.4) is 0 Å². The van der Waals surface area contributed by atoms with Crippen LogP contribution in [0, 0.1) is 11.7 Å². The van der Waals surface area contributed by atoms with Gasteiger partial charge in [-0.15, -0.1) is 0 Å². The third-order valence-electron chi connectivity index (χ3n) is 4.29. The van der Waals surface area contributed by atoms with Gasteiger partial charge in [-0.3, -0.25) is 0 Å². The van der Waals surface area contributed by atoms with Gasteiger partial charge in [-0.25, -0.2) is 4.39 Å². The van der Waals surface area contributed by atoms with Gasteiger partial charge in [-0.1, -0.05) is 12.1 Å². The number of likely N-dealkylation sites (tertiary alicyclic amines) is 1. The zero-order valence-corrected chi connectivity index (χ0v) is 12.0. The molecule has 1 aliphatic rings. The Morgan fingerprint density at radius 3 is 2.35 bits per heavy atom. The topological polar surface area (TPSA) is 43.7 Å². The maximum Gasteiger partial charge on any atom is 0.123 e. The van der Waals surface area contributed by atoms with Crippen LogP contribution in [0.1, 0.15) is 37.9 Å². The first-order valence-corrected chi connectivity index (χ1v) is 7.40. The summed E-state index contributed by atoms with van der Waals surface area (Å²) in [6.07, 6.45) is 1.94. The van der Waals surface area contributed by atoms with E-state index in [0.29, 0.717) is 12.3 Å². The second-order valence-electron chi connectivity index (χ2n) is 5.78. The average molecular weight is 281 g/mol. The molecule has 4 heteroatoms. The molecule has 2 unspecified atom stereocenters. The van der Waals surface area contributed by atoms with Gasteiger partial charge >= 0.3 is 0 Å². The predicted molar refractivity (Wildman–Crippen MR) is 76.8 cm³/mol. The molecule has 1 saturated heterocycles. The van der Waals surface area contributed by atoms with Crippen LogP contribution in [-0.4, -0.2) is 40.9 Å². The number of benzene rings is 1. The van der Waals surface area contributed by atoms with Crippen LogP contribution in [-0.2, 0) is 0 Å². The molecule has 0 radical (unpaired) electrons. The monoisotopic (exact) mass is 281 g/mol. The lowest BCUT2D eigenvalue weighted by molar-refractivity contribution is 0.0641. The minimum absolute atomic E-state index is 0.220. The highest BCUT2D eigenvalue weighted by Gasteiger charge is 2.22. The molecule has 3 nitrogen and oxygen atoms in total. The molecule has 1 heterocycles. The lowest BCUT2D eigenvalue weighted by Crippen LogP contribution is -2.37. The maximum atomic E-state index is 12.8. The van der Waals surface area contributed by atoms with Gasteiger partial charge in [0.15, 0.2) is 0 Å². The Labute approximate surface area is 120 Å². The van der Waals surface area contributed by atoms with Crippen LogP contribution in [0.2, 0.25) is 0 Å². The van der Waals surface area contributed by atoms with Crippen molar-refractivity contribution in [1.82, 2.24) is 4.90 Å². The van der Waals surface area contributed by atoms with Crippen molar-refractivity contribution < 1.29 is 14.6 Å². The zero-order chi connectivity index (χ0) is 14.5. The Bertz CT molecular complexity index is 399. The summed E-state index contributed by atoms with van der Waals surface area (Å²) in [7, 11) is 0. The summed E-state index contributed by atoms with van der Waals surface area (Å²) in [6, 6.07) is 6.04. The van der Waals surface area contributed by atoms with Gasteiger partial charge in [0.25, 0.3) is 0 Å². The molecule has 1 aromatic carbocycles. The number of hydrogen-bond acceptors (Lipinski definition) is 3. The summed E-state index contributed by atoms with van der Waals surface area (Å²) in [5.74, 6) is 0.134. The Kier molecular flexibility index (Phi) is 5.52. The average Bonchev–Trinajstić information content (AvgIpc) is 2.46. The van der Waals surface area contributed by atoms with E-state index in [2.05, 4.69) is 4.90 Å². The van der Waals surface area contributed by atoms with E-state index < -0.39 is 6.10 Å². The SMILES string of the molecule is CC(O)C1CCN(CCC(O)c2ccc(F)cc2)CC1. The van der Waals surface area contributed by atoms with Crippen molar-refractivity contribution in [3.05, 3.63) is 35.6 Å². The van der Waals surface area contributed by atoms with E-state index in [0.717, 1.165) is 38.0 Å². The van der Waals surface area contributed by atoms with Gasteiger partial charge in [0.05, 0.1) is 12.2 Å². The molecule has 1 aliphatic heterocycles. The summed E-state index contributed by atoms with van der Waals surface area (Å²) >= 11 is 0. The van der Waals surface area contributed by atoms with Crippen molar-refractivity contribution in [2.24, 2.45) is 5.92 Å². The van der Waals surface area contributed by atoms with Crippen molar-refractivity contribution in [2.75, 3.05) is 19.6 Å². The molecule has 112 valence electrons. The summed E-state index contributed by atoms with van der Waals surface area (Å²) < 4.78 is 12.8. The summed E-state index contributed by atoms with van der Waals surface area (Å²) in [4.78, 5) is 2.33. The Morgan fingerprint density at radius 1 is 1.20 bits per heavy atom. The molecule has 0 amide bonds. The molecule has 1 fully saturated rings. The first-order chi connectivity index (χ1) is 9.56. The van der Waals surface area contributed by atoms with E-state index in [9.17, 15) is 14.6 Å². The number of nitrogens with zero attached hydrogens (tertiary/aromatic N) is 1. The zero-order valence-electron chi connectivity index (χ0n) is 12.0. The number of aliphatic hydroxyl groups is 2. The highest BCUT2D eigenvalue weighted by molar-refractivity contribution is 5.18. The summed E-state index contributed by atoms with van der Waals surface area (Å²) in [5.41, 5.74) is 0.769. The number of hydrogen-bond donors (Lipinski definition) is 2. The highest BCUT2D eigenvalue weighted by Crippen LogP contribution is 2.22. The smallest absolute Gasteiger partial charge is 0.123 e. The molecule has 0 aliphatic carbocycles. The van der Waals surface area contributed by atoms with Crippen LogP contribution < -0.4 is 0 Å². The lowest BCUT2D eigenvalue weighted by atomic mass is 9.92. The lowest BCUT2D eigenvalue weighted by Gasteiger charge is -2.33. The molecule has 2 atom stereocenters. The summed E-state index contributed by atoms with van der Waals surface area (Å²) in [6.45, 7) is 4.65. The third kappa shape index (κ3) is 4.27. The number of rotatable bonds is 5. The quantitative estimate of drug-likeness (QED) is 0.870. The largest absolute Gasteiger partial charge is 0.393 e. The van der Waals surface area contributed by atoms with Gasteiger partial charge in [0, 0.05) is 6.54 Å². The fourth-order valence-corrected chi connectivity index (χ4v) is 2.82. The van der Waals surface area contributed by atoms with Gasteiger partial charge in [0.2, 0.25) is 0 Å². The van der Waals surface area contributed by atoms with Gasteiger partial charge in [-0.05, 0) is 62.9 Å². The summed E-state index contributed by atoms with van der Waals surface area (Å²) in [5, 5.41) is 19.7. The standard InChI is InChI=1S/C16H24FNO2/c1-12(19)13-6-9-18(10-7-13)11-8-16(20)14-2-4-15(17)5-3-14/h2-5,12-13,16,19-20H,6-11H2,1H3. The molecule has 0 saturated carbocycles. The molecule has 2 N–H and O–H groups in total. The second-order valence-corrected chi connectivity index (χ2v) is 5.78.